The summed E-state index contributed by atoms with van der Waals surface area (Å²) in [7, 11) is 0. The quantitative estimate of drug-likeness (QED) is 0.559. The number of para-hydroxylation sites is 1. The standard InChI is InChI=1S/C25H24N6O2S/c1-17-16-19(24(32)30-12-14-31(15-13-30)25(33)21-9-11-27-28-21)7-8-20(17)29-34-22-6-2-4-18-5-3-10-26-23(18)22/h2-10,16,29H,11-15H2,1H3. The minimum atomic E-state index is -0.112. The van der Waals surface area contributed by atoms with Crippen LogP contribution in [0.3, 0.4) is 0 Å². The zero-order valence-corrected chi connectivity index (χ0v) is 19.6. The van der Waals surface area contributed by atoms with E-state index in [1.165, 1.54) is 11.9 Å². The lowest BCUT2D eigenvalue weighted by molar-refractivity contribution is -0.128. The molecule has 3 aromatic rings. The van der Waals surface area contributed by atoms with Gasteiger partial charge >= 0.3 is 0 Å². The molecule has 0 atom stereocenters. The fraction of sp³-hybridized carbons (Fsp3) is 0.240. The molecule has 0 unspecified atom stereocenters. The number of amides is 2. The summed E-state index contributed by atoms with van der Waals surface area (Å²) >= 11 is 1.51. The highest BCUT2D eigenvalue weighted by molar-refractivity contribution is 8.00. The van der Waals surface area contributed by atoms with Gasteiger partial charge in [-0.1, -0.05) is 18.2 Å². The number of anilines is 1. The fourth-order valence-corrected chi connectivity index (χ4v) is 4.91. The van der Waals surface area contributed by atoms with E-state index in [9.17, 15) is 9.59 Å². The van der Waals surface area contributed by atoms with E-state index in [0.29, 0.717) is 44.0 Å². The number of aryl methyl sites for hydroxylation is 1. The maximum absolute atomic E-state index is 13.1. The van der Waals surface area contributed by atoms with Crippen LogP contribution in [-0.4, -0.2) is 59.3 Å². The Kier molecular flexibility index (Phi) is 6.27. The van der Waals surface area contributed by atoms with Gasteiger partial charge in [-0.15, -0.1) is 0 Å². The van der Waals surface area contributed by atoms with Gasteiger partial charge in [0.25, 0.3) is 11.8 Å². The lowest BCUT2D eigenvalue weighted by Gasteiger charge is -2.34. The number of nitrogens with zero attached hydrogens (tertiary/aromatic N) is 5. The van der Waals surface area contributed by atoms with Crippen molar-refractivity contribution < 1.29 is 9.59 Å². The predicted molar refractivity (Wildman–Crippen MR) is 133 cm³/mol. The molecule has 3 heterocycles. The second-order valence-electron chi connectivity index (χ2n) is 8.16. The first-order chi connectivity index (χ1) is 16.6. The number of azo groups is 1. The van der Waals surface area contributed by atoms with Crippen LogP contribution in [0.2, 0.25) is 0 Å². The van der Waals surface area contributed by atoms with Gasteiger partial charge in [-0.2, -0.15) is 10.2 Å². The van der Waals surface area contributed by atoms with Gasteiger partial charge in [0.05, 0.1) is 17.0 Å². The molecule has 1 fully saturated rings. The van der Waals surface area contributed by atoms with E-state index in [2.05, 4.69) is 19.9 Å². The van der Waals surface area contributed by atoms with E-state index in [1.54, 1.807) is 22.1 Å². The molecule has 1 aromatic heterocycles. The summed E-state index contributed by atoms with van der Waals surface area (Å²) in [6.45, 7) is 4.43. The summed E-state index contributed by atoms with van der Waals surface area (Å²) in [6.07, 6.45) is 3.53. The normalized spacial score (nSPS) is 15.5. The van der Waals surface area contributed by atoms with Crippen molar-refractivity contribution in [1.29, 1.82) is 0 Å². The fourth-order valence-electron chi connectivity index (χ4n) is 4.05. The summed E-state index contributed by atoms with van der Waals surface area (Å²) in [5.41, 5.74) is 3.93. The van der Waals surface area contributed by atoms with Gasteiger partial charge in [-0.3, -0.25) is 14.6 Å². The molecule has 2 aliphatic heterocycles. The molecule has 5 rings (SSSR count). The molecule has 34 heavy (non-hydrogen) atoms. The van der Waals surface area contributed by atoms with E-state index in [1.807, 2.05) is 55.5 Å². The molecular formula is C25H24N6O2S. The van der Waals surface area contributed by atoms with Crippen LogP contribution < -0.4 is 4.72 Å². The topological polar surface area (TPSA) is 90.3 Å². The third kappa shape index (κ3) is 4.51. The summed E-state index contributed by atoms with van der Waals surface area (Å²) in [5.74, 6) is -0.133. The largest absolute Gasteiger partial charge is 0.335 e. The first-order valence-electron chi connectivity index (χ1n) is 11.1. The van der Waals surface area contributed by atoms with Gasteiger partial charge in [0, 0.05) is 49.0 Å². The van der Waals surface area contributed by atoms with E-state index in [-0.39, 0.29) is 11.8 Å². The molecular weight excluding hydrogens is 448 g/mol. The second-order valence-corrected chi connectivity index (χ2v) is 9.01. The van der Waals surface area contributed by atoms with Crippen LogP contribution in [0, 0.1) is 6.92 Å². The molecule has 2 aliphatic rings. The molecule has 0 aliphatic carbocycles. The number of nitrogens with one attached hydrogen (secondary N) is 1. The third-order valence-corrected chi connectivity index (χ3v) is 6.83. The molecule has 172 valence electrons. The van der Waals surface area contributed by atoms with Gasteiger partial charge in [-0.05, 0) is 60.8 Å². The van der Waals surface area contributed by atoms with E-state index >= 15 is 0 Å². The van der Waals surface area contributed by atoms with E-state index in [0.717, 1.165) is 27.0 Å². The Hall–Kier alpha value is -3.72. The molecule has 9 heteroatoms. The smallest absolute Gasteiger partial charge is 0.274 e. The Morgan fingerprint density at radius 1 is 0.971 bits per heavy atom. The lowest BCUT2D eigenvalue weighted by atomic mass is 10.1. The number of carbonyl (C=O) groups is 2. The van der Waals surface area contributed by atoms with Crippen molar-refractivity contribution in [3.63, 3.8) is 0 Å². The van der Waals surface area contributed by atoms with Crippen LogP contribution in [-0.2, 0) is 4.79 Å². The van der Waals surface area contributed by atoms with Crippen LogP contribution in [0.5, 0.6) is 0 Å². The maximum Gasteiger partial charge on any atom is 0.274 e. The first-order valence-corrected chi connectivity index (χ1v) is 12.0. The van der Waals surface area contributed by atoms with Crippen LogP contribution in [0.25, 0.3) is 10.9 Å². The predicted octanol–water partition coefficient (Wildman–Crippen LogP) is 4.30. The average molecular weight is 473 g/mol. The maximum atomic E-state index is 13.1. The minimum Gasteiger partial charge on any atom is -0.335 e. The summed E-state index contributed by atoms with van der Waals surface area (Å²) < 4.78 is 3.40. The lowest BCUT2D eigenvalue weighted by Crippen LogP contribution is -2.50. The van der Waals surface area contributed by atoms with Crippen LogP contribution in [0.4, 0.5) is 5.69 Å². The van der Waals surface area contributed by atoms with Crippen LogP contribution in [0.1, 0.15) is 15.9 Å². The molecule has 0 radical (unpaired) electrons. The van der Waals surface area contributed by atoms with Crippen molar-refractivity contribution in [3.8, 4) is 0 Å². The van der Waals surface area contributed by atoms with E-state index < -0.39 is 0 Å². The highest BCUT2D eigenvalue weighted by Crippen LogP contribution is 2.29. The van der Waals surface area contributed by atoms with Crippen molar-refractivity contribution in [1.82, 2.24) is 14.8 Å². The number of rotatable bonds is 5. The number of hydrogen-bond acceptors (Lipinski definition) is 7. The number of hydrogen-bond donors (Lipinski definition) is 1. The zero-order valence-electron chi connectivity index (χ0n) is 18.8. The number of benzene rings is 2. The Labute approximate surface area is 201 Å². The molecule has 2 amide bonds. The number of carbonyl (C=O) groups excluding carboxylic acids is 2. The average Bonchev–Trinajstić information content (AvgIpc) is 3.42. The van der Waals surface area contributed by atoms with E-state index in [4.69, 9.17) is 0 Å². The van der Waals surface area contributed by atoms with Crippen LogP contribution >= 0.6 is 11.9 Å². The highest BCUT2D eigenvalue weighted by Gasteiger charge is 2.27. The SMILES string of the molecule is Cc1cc(C(=O)N2CCN(C(=O)C3=CCN=N3)CC2)ccc1NSc1cccc2cccnc12. The van der Waals surface area contributed by atoms with Crippen molar-refractivity contribution in [2.45, 2.75) is 11.8 Å². The van der Waals surface area contributed by atoms with Gasteiger partial charge in [-0.25, -0.2) is 0 Å². The monoisotopic (exact) mass is 472 g/mol. The van der Waals surface area contributed by atoms with Crippen LogP contribution in [0.15, 0.2) is 81.6 Å². The second kappa shape index (κ2) is 9.64. The van der Waals surface area contributed by atoms with Gasteiger partial charge in [0.2, 0.25) is 0 Å². The highest BCUT2D eigenvalue weighted by atomic mass is 32.2. The minimum absolute atomic E-state index is 0.0209. The molecule has 1 saturated heterocycles. The number of fused-ring (bicyclic) bond motifs is 1. The Morgan fingerprint density at radius 2 is 1.74 bits per heavy atom. The van der Waals surface area contributed by atoms with Gasteiger partial charge in [0.1, 0.15) is 5.70 Å². The van der Waals surface area contributed by atoms with Crippen molar-refractivity contribution in [2.24, 2.45) is 10.2 Å². The Bertz CT molecular complexity index is 1310. The number of piperazine rings is 1. The molecule has 1 N–H and O–H groups in total. The Balaban J connectivity index is 1.21. The molecule has 2 aromatic carbocycles. The van der Waals surface area contributed by atoms with Crippen molar-refractivity contribution >= 4 is 40.4 Å². The van der Waals surface area contributed by atoms with Gasteiger partial charge in [0.15, 0.2) is 0 Å². The molecule has 0 spiro atoms. The summed E-state index contributed by atoms with van der Waals surface area (Å²) in [5, 5.41) is 8.81. The first kappa shape index (κ1) is 22.1. The molecule has 0 saturated carbocycles. The number of aromatic nitrogens is 1. The van der Waals surface area contributed by atoms with Crippen molar-refractivity contribution in [3.05, 3.63) is 77.6 Å². The van der Waals surface area contributed by atoms with Gasteiger partial charge < -0.3 is 14.5 Å². The van der Waals surface area contributed by atoms with Crippen molar-refractivity contribution in [2.75, 3.05) is 37.4 Å². The summed E-state index contributed by atoms with van der Waals surface area (Å²) in [6, 6.07) is 15.8. The molecule has 0 bridgehead atoms. The summed E-state index contributed by atoms with van der Waals surface area (Å²) in [4.78, 5) is 34.6. The molecule has 8 nitrogen and oxygen atoms in total. The third-order valence-electron chi connectivity index (χ3n) is 5.96. The number of pyridine rings is 1. The zero-order chi connectivity index (χ0) is 23.5. The Morgan fingerprint density at radius 3 is 2.47 bits per heavy atom.